The van der Waals surface area contributed by atoms with E-state index in [9.17, 15) is 9.90 Å². The van der Waals surface area contributed by atoms with Crippen LogP contribution < -0.4 is 10.6 Å². The molecule has 3 N–H and O–H groups in total. The van der Waals surface area contributed by atoms with Crippen molar-refractivity contribution in [2.45, 2.75) is 13.0 Å². The SMILES string of the molecule is Cc1ccc2cccc(NC(=O)NCC(O)c3ccsc3)c2n1. The first kappa shape index (κ1) is 15.5. The van der Waals surface area contributed by atoms with Crippen molar-refractivity contribution in [3.05, 3.63) is 58.4 Å². The van der Waals surface area contributed by atoms with Gasteiger partial charge in [-0.25, -0.2) is 4.79 Å². The number of nitrogens with one attached hydrogen (secondary N) is 2. The van der Waals surface area contributed by atoms with Gasteiger partial charge in [-0.05, 0) is 41.4 Å². The second kappa shape index (κ2) is 6.76. The maximum absolute atomic E-state index is 12.1. The van der Waals surface area contributed by atoms with Crippen molar-refractivity contribution in [1.29, 1.82) is 0 Å². The van der Waals surface area contributed by atoms with Gasteiger partial charge in [0.25, 0.3) is 0 Å². The quantitative estimate of drug-likeness (QED) is 0.687. The number of carbonyl (C=O) groups excluding carboxylic acids is 1. The number of pyridine rings is 1. The minimum Gasteiger partial charge on any atom is -0.387 e. The first-order chi connectivity index (χ1) is 11.1. The summed E-state index contributed by atoms with van der Waals surface area (Å²) in [5.74, 6) is 0. The molecule has 0 saturated heterocycles. The average molecular weight is 327 g/mol. The number of thiophene rings is 1. The van der Waals surface area contributed by atoms with E-state index >= 15 is 0 Å². The Morgan fingerprint density at radius 1 is 1.30 bits per heavy atom. The maximum atomic E-state index is 12.1. The molecule has 1 aromatic carbocycles. The Balaban J connectivity index is 1.67. The van der Waals surface area contributed by atoms with Crippen LogP contribution in [0, 0.1) is 6.92 Å². The fourth-order valence-electron chi connectivity index (χ4n) is 2.28. The summed E-state index contributed by atoms with van der Waals surface area (Å²) in [4.78, 5) is 16.5. The fraction of sp³-hybridized carbons (Fsp3) is 0.176. The molecule has 3 aromatic rings. The van der Waals surface area contributed by atoms with Gasteiger partial charge >= 0.3 is 6.03 Å². The van der Waals surface area contributed by atoms with Crippen LogP contribution in [0.4, 0.5) is 10.5 Å². The fourth-order valence-corrected chi connectivity index (χ4v) is 2.99. The van der Waals surface area contributed by atoms with Crippen LogP contribution in [0.3, 0.4) is 0 Å². The van der Waals surface area contributed by atoms with Crippen molar-refractivity contribution in [2.75, 3.05) is 11.9 Å². The molecule has 0 aliphatic rings. The lowest BCUT2D eigenvalue weighted by Gasteiger charge is -2.12. The summed E-state index contributed by atoms with van der Waals surface area (Å²) in [7, 11) is 0. The molecular weight excluding hydrogens is 310 g/mol. The summed E-state index contributed by atoms with van der Waals surface area (Å²) in [5, 5.41) is 20.2. The second-order valence-corrected chi connectivity index (χ2v) is 6.02. The van der Waals surface area contributed by atoms with E-state index in [0.717, 1.165) is 22.2 Å². The number of fused-ring (bicyclic) bond motifs is 1. The van der Waals surface area contributed by atoms with Gasteiger partial charge in [-0.1, -0.05) is 18.2 Å². The highest BCUT2D eigenvalue weighted by Crippen LogP contribution is 2.21. The second-order valence-electron chi connectivity index (χ2n) is 5.24. The predicted octanol–water partition coefficient (Wildman–Crippen LogP) is 3.46. The van der Waals surface area contributed by atoms with Gasteiger partial charge < -0.3 is 15.7 Å². The lowest BCUT2D eigenvalue weighted by molar-refractivity contribution is 0.175. The van der Waals surface area contributed by atoms with E-state index in [4.69, 9.17) is 0 Å². The minimum atomic E-state index is -0.708. The van der Waals surface area contributed by atoms with E-state index in [1.165, 1.54) is 11.3 Å². The third kappa shape index (κ3) is 3.67. The van der Waals surface area contributed by atoms with Crippen LogP contribution in [0.2, 0.25) is 0 Å². The molecule has 2 aromatic heterocycles. The molecule has 2 amide bonds. The summed E-state index contributed by atoms with van der Waals surface area (Å²) in [5.41, 5.74) is 3.09. The summed E-state index contributed by atoms with van der Waals surface area (Å²) < 4.78 is 0. The Hall–Kier alpha value is -2.44. The topological polar surface area (TPSA) is 74.2 Å². The third-order valence-corrected chi connectivity index (χ3v) is 4.19. The van der Waals surface area contributed by atoms with Gasteiger partial charge in [0, 0.05) is 17.6 Å². The van der Waals surface area contributed by atoms with Crippen molar-refractivity contribution in [3.8, 4) is 0 Å². The molecule has 0 aliphatic carbocycles. The first-order valence-corrected chi connectivity index (χ1v) is 8.19. The van der Waals surface area contributed by atoms with E-state index in [1.54, 1.807) is 0 Å². The Labute approximate surface area is 138 Å². The van der Waals surface area contributed by atoms with Crippen LogP contribution >= 0.6 is 11.3 Å². The summed E-state index contributed by atoms with van der Waals surface area (Å²) >= 11 is 1.51. The number of amides is 2. The van der Waals surface area contributed by atoms with Crippen LogP contribution in [-0.2, 0) is 0 Å². The number of aromatic nitrogens is 1. The summed E-state index contributed by atoms with van der Waals surface area (Å²) in [6.07, 6.45) is -0.708. The number of hydrogen-bond acceptors (Lipinski definition) is 4. The van der Waals surface area contributed by atoms with Gasteiger partial charge in [-0.15, -0.1) is 0 Å². The highest BCUT2D eigenvalue weighted by Gasteiger charge is 2.11. The maximum Gasteiger partial charge on any atom is 0.319 e. The third-order valence-electron chi connectivity index (χ3n) is 3.49. The largest absolute Gasteiger partial charge is 0.387 e. The van der Waals surface area contributed by atoms with Crippen molar-refractivity contribution >= 4 is 34.0 Å². The lowest BCUT2D eigenvalue weighted by Crippen LogP contribution is -2.32. The van der Waals surface area contributed by atoms with Gasteiger partial charge in [0.1, 0.15) is 0 Å². The van der Waals surface area contributed by atoms with Gasteiger partial charge in [-0.3, -0.25) is 4.98 Å². The number of urea groups is 1. The molecule has 23 heavy (non-hydrogen) atoms. The van der Waals surface area contributed by atoms with E-state index in [1.807, 2.05) is 54.1 Å². The molecule has 0 aliphatic heterocycles. The molecule has 3 rings (SSSR count). The zero-order valence-electron chi connectivity index (χ0n) is 12.6. The Morgan fingerprint density at radius 3 is 2.96 bits per heavy atom. The number of anilines is 1. The number of rotatable bonds is 4. The molecule has 0 spiro atoms. The normalized spacial score (nSPS) is 12.1. The minimum absolute atomic E-state index is 0.153. The highest BCUT2D eigenvalue weighted by atomic mass is 32.1. The van der Waals surface area contributed by atoms with Crippen LogP contribution in [0.25, 0.3) is 10.9 Å². The molecule has 0 fully saturated rings. The van der Waals surface area contributed by atoms with Crippen molar-refractivity contribution in [1.82, 2.24) is 10.3 Å². The molecule has 5 nitrogen and oxygen atoms in total. The standard InChI is InChI=1S/C17H17N3O2S/c1-11-5-6-12-3-2-4-14(16(12)19-11)20-17(22)18-9-15(21)13-7-8-23-10-13/h2-8,10,15,21H,9H2,1H3,(H2,18,20,22). The number of para-hydroxylation sites is 1. The molecule has 2 heterocycles. The average Bonchev–Trinajstić information content (AvgIpc) is 3.08. The Bertz CT molecular complexity index is 818. The molecule has 118 valence electrons. The van der Waals surface area contributed by atoms with Crippen LogP contribution in [-0.4, -0.2) is 22.7 Å². The van der Waals surface area contributed by atoms with Crippen LogP contribution in [0.1, 0.15) is 17.4 Å². The number of aliphatic hydroxyl groups excluding tert-OH is 1. The monoisotopic (exact) mass is 327 g/mol. The number of carbonyl (C=O) groups is 1. The van der Waals surface area contributed by atoms with E-state index in [-0.39, 0.29) is 12.6 Å². The van der Waals surface area contributed by atoms with Gasteiger partial charge in [0.15, 0.2) is 0 Å². The number of nitrogens with zero attached hydrogens (tertiary/aromatic N) is 1. The predicted molar refractivity (Wildman–Crippen MR) is 92.8 cm³/mol. The van der Waals surface area contributed by atoms with E-state index in [0.29, 0.717) is 5.69 Å². The number of aliphatic hydroxyl groups is 1. The van der Waals surface area contributed by atoms with Crippen molar-refractivity contribution in [2.24, 2.45) is 0 Å². The molecule has 6 heteroatoms. The molecule has 1 unspecified atom stereocenters. The lowest BCUT2D eigenvalue weighted by atomic mass is 10.2. The smallest absolute Gasteiger partial charge is 0.319 e. The molecule has 0 saturated carbocycles. The van der Waals surface area contributed by atoms with Crippen molar-refractivity contribution < 1.29 is 9.90 Å². The number of hydrogen-bond donors (Lipinski definition) is 3. The van der Waals surface area contributed by atoms with E-state index in [2.05, 4.69) is 15.6 Å². The first-order valence-electron chi connectivity index (χ1n) is 7.25. The molecule has 1 atom stereocenters. The number of aryl methyl sites for hydroxylation is 1. The summed E-state index contributed by atoms with van der Waals surface area (Å²) in [6, 6.07) is 11.0. The van der Waals surface area contributed by atoms with Gasteiger partial charge in [0.05, 0.1) is 17.3 Å². The van der Waals surface area contributed by atoms with E-state index < -0.39 is 6.10 Å². The van der Waals surface area contributed by atoms with Gasteiger partial charge in [-0.2, -0.15) is 11.3 Å². The molecule has 0 bridgehead atoms. The highest BCUT2D eigenvalue weighted by molar-refractivity contribution is 7.07. The van der Waals surface area contributed by atoms with Crippen LogP contribution in [0.15, 0.2) is 47.2 Å². The van der Waals surface area contributed by atoms with Crippen LogP contribution in [0.5, 0.6) is 0 Å². The van der Waals surface area contributed by atoms with Gasteiger partial charge in [0.2, 0.25) is 0 Å². The Kier molecular flexibility index (Phi) is 4.55. The van der Waals surface area contributed by atoms with Crippen molar-refractivity contribution in [3.63, 3.8) is 0 Å². The molecular formula is C17H17N3O2S. The summed E-state index contributed by atoms with van der Waals surface area (Å²) in [6.45, 7) is 2.06. The zero-order chi connectivity index (χ0) is 16.2. The Morgan fingerprint density at radius 2 is 2.17 bits per heavy atom. The number of benzene rings is 1. The molecule has 0 radical (unpaired) electrons. The zero-order valence-corrected chi connectivity index (χ0v) is 13.4.